The highest BCUT2D eigenvalue weighted by atomic mass is 16.6. The second-order valence-electron chi connectivity index (χ2n) is 18.5. The minimum Gasteiger partial charge on any atom is -0.462 e. The van der Waals surface area contributed by atoms with Crippen LogP contribution in [-0.4, -0.2) is 37.2 Å². The van der Waals surface area contributed by atoms with Crippen LogP contribution in [0.5, 0.6) is 0 Å². The number of ether oxygens (including phenoxy) is 3. The van der Waals surface area contributed by atoms with Gasteiger partial charge in [0.2, 0.25) is 0 Å². The van der Waals surface area contributed by atoms with E-state index < -0.39 is 6.10 Å². The van der Waals surface area contributed by atoms with Gasteiger partial charge in [-0.25, -0.2) is 0 Å². The van der Waals surface area contributed by atoms with Crippen molar-refractivity contribution in [3.63, 3.8) is 0 Å². The molecular weight excluding hydrogens is 805 g/mol. The van der Waals surface area contributed by atoms with Gasteiger partial charge in [0, 0.05) is 19.3 Å². The summed E-state index contributed by atoms with van der Waals surface area (Å²) in [6.07, 6.45) is 66.5. The molecule has 0 aromatic heterocycles. The van der Waals surface area contributed by atoms with Crippen LogP contribution in [0.4, 0.5) is 0 Å². The lowest BCUT2D eigenvalue weighted by Gasteiger charge is -2.18. The first-order chi connectivity index (χ1) is 32.0. The number of hydrogen-bond acceptors (Lipinski definition) is 6. The summed E-state index contributed by atoms with van der Waals surface area (Å²) < 4.78 is 16.8. The fourth-order valence-electron chi connectivity index (χ4n) is 7.84. The molecule has 0 heterocycles. The maximum Gasteiger partial charge on any atom is 0.306 e. The number of hydrogen-bond donors (Lipinski definition) is 0. The molecule has 65 heavy (non-hydrogen) atoms. The molecule has 0 spiro atoms. The van der Waals surface area contributed by atoms with E-state index in [4.69, 9.17) is 14.2 Å². The molecule has 1 atom stereocenters. The molecule has 0 aromatic rings. The lowest BCUT2D eigenvalue weighted by atomic mass is 10.0. The van der Waals surface area contributed by atoms with Crippen molar-refractivity contribution in [1.82, 2.24) is 0 Å². The average Bonchev–Trinajstić information content (AvgIpc) is 3.30. The highest BCUT2D eigenvalue weighted by molar-refractivity contribution is 5.71. The van der Waals surface area contributed by atoms with Crippen molar-refractivity contribution in [3.8, 4) is 0 Å². The lowest BCUT2D eigenvalue weighted by molar-refractivity contribution is -0.166. The summed E-state index contributed by atoms with van der Waals surface area (Å²) >= 11 is 0. The Hall–Kier alpha value is -2.89. The highest BCUT2D eigenvalue weighted by Crippen LogP contribution is 2.16. The van der Waals surface area contributed by atoms with E-state index in [0.29, 0.717) is 19.3 Å². The molecular formula is C59H104O6. The first-order valence-corrected chi connectivity index (χ1v) is 27.8. The molecule has 0 saturated carbocycles. The maximum atomic E-state index is 12.8. The van der Waals surface area contributed by atoms with Gasteiger partial charge in [0.25, 0.3) is 0 Å². The number of carbonyl (C=O) groups excluding carboxylic acids is 3. The zero-order valence-electron chi connectivity index (χ0n) is 43.0. The van der Waals surface area contributed by atoms with Crippen molar-refractivity contribution in [1.29, 1.82) is 0 Å². The van der Waals surface area contributed by atoms with E-state index in [-0.39, 0.29) is 37.5 Å². The van der Waals surface area contributed by atoms with Crippen molar-refractivity contribution >= 4 is 17.9 Å². The first kappa shape index (κ1) is 62.1. The zero-order chi connectivity index (χ0) is 47.2. The van der Waals surface area contributed by atoms with Crippen molar-refractivity contribution in [2.24, 2.45) is 0 Å². The summed E-state index contributed by atoms with van der Waals surface area (Å²) in [6, 6.07) is 0. The van der Waals surface area contributed by atoms with Gasteiger partial charge < -0.3 is 14.2 Å². The fraction of sp³-hybridized carbons (Fsp3) is 0.780. The Balaban J connectivity index is 4.41. The van der Waals surface area contributed by atoms with Crippen LogP contribution in [-0.2, 0) is 28.6 Å². The second-order valence-corrected chi connectivity index (χ2v) is 18.5. The monoisotopic (exact) mass is 909 g/mol. The highest BCUT2D eigenvalue weighted by Gasteiger charge is 2.19. The van der Waals surface area contributed by atoms with Crippen LogP contribution in [0.15, 0.2) is 60.8 Å². The molecule has 0 aliphatic heterocycles. The van der Waals surface area contributed by atoms with Crippen LogP contribution in [0.1, 0.15) is 278 Å². The van der Waals surface area contributed by atoms with Gasteiger partial charge in [-0.3, -0.25) is 14.4 Å². The van der Waals surface area contributed by atoms with E-state index in [1.54, 1.807) is 0 Å². The van der Waals surface area contributed by atoms with Gasteiger partial charge in [0.05, 0.1) is 0 Å². The Bertz CT molecular complexity index is 1180. The molecule has 0 rings (SSSR count). The van der Waals surface area contributed by atoms with Gasteiger partial charge in [0.15, 0.2) is 6.10 Å². The summed E-state index contributed by atoms with van der Waals surface area (Å²) in [5, 5.41) is 0. The predicted octanol–water partition coefficient (Wildman–Crippen LogP) is 18.4. The van der Waals surface area contributed by atoms with Crippen molar-refractivity contribution in [2.45, 2.75) is 284 Å². The third-order valence-electron chi connectivity index (χ3n) is 12.0. The topological polar surface area (TPSA) is 78.9 Å². The van der Waals surface area contributed by atoms with Crippen LogP contribution < -0.4 is 0 Å². The normalized spacial score (nSPS) is 12.5. The Labute approximate surface area is 402 Å². The van der Waals surface area contributed by atoms with Crippen LogP contribution >= 0.6 is 0 Å². The minimum atomic E-state index is -0.799. The van der Waals surface area contributed by atoms with Gasteiger partial charge >= 0.3 is 17.9 Å². The van der Waals surface area contributed by atoms with E-state index >= 15 is 0 Å². The number of unbranched alkanes of at least 4 members (excludes halogenated alkanes) is 29. The van der Waals surface area contributed by atoms with E-state index in [1.807, 2.05) is 6.08 Å². The maximum absolute atomic E-state index is 12.8. The average molecular weight is 909 g/mol. The summed E-state index contributed by atoms with van der Waals surface area (Å²) in [5.74, 6) is -0.970. The molecule has 0 N–H and O–H groups in total. The van der Waals surface area contributed by atoms with Gasteiger partial charge in [-0.2, -0.15) is 0 Å². The van der Waals surface area contributed by atoms with Gasteiger partial charge in [-0.15, -0.1) is 0 Å². The van der Waals surface area contributed by atoms with Crippen LogP contribution in [0.2, 0.25) is 0 Å². The standard InChI is InChI=1S/C59H104O6/c1-4-7-10-13-16-19-22-24-26-28-29-31-33-35-38-40-43-46-49-52-58(61)64-55-56(65-59(62)53-50-47-44-41-36-21-18-15-12-9-6-3)54-63-57(60)51-48-45-42-39-37-34-32-30-27-25-23-20-17-14-11-8-5-2/h16,19,24,26,29,31,35,38,43,46,56H,4-15,17-18,20-23,25,27-28,30,32-34,36-37,39-42,44-45,47-55H2,1-3H3/b19-16-,26-24-,31-29-,38-35-,46-43-/t56-/m0/s1. The van der Waals surface area contributed by atoms with Crippen molar-refractivity contribution in [2.75, 3.05) is 13.2 Å². The summed E-state index contributed by atoms with van der Waals surface area (Å²) in [6.45, 7) is 6.56. The summed E-state index contributed by atoms with van der Waals surface area (Å²) in [4.78, 5) is 38.0. The lowest BCUT2D eigenvalue weighted by Crippen LogP contribution is -2.30. The Kier molecular flexibility index (Phi) is 51.3. The molecule has 0 saturated heterocycles. The van der Waals surface area contributed by atoms with Gasteiger partial charge in [-0.1, -0.05) is 261 Å². The van der Waals surface area contributed by atoms with E-state index in [9.17, 15) is 14.4 Å². The zero-order valence-corrected chi connectivity index (χ0v) is 43.0. The molecule has 0 aliphatic carbocycles. The second kappa shape index (κ2) is 53.7. The summed E-state index contributed by atoms with van der Waals surface area (Å²) in [5.41, 5.74) is 0. The third kappa shape index (κ3) is 51.9. The number of rotatable bonds is 50. The third-order valence-corrected chi connectivity index (χ3v) is 12.0. The molecule has 0 radical (unpaired) electrons. The molecule has 0 fully saturated rings. The van der Waals surface area contributed by atoms with Gasteiger partial charge in [0.1, 0.15) is 13.2 Å². The van der Waals surface area contributed by atoms with Crippen LogP contribution in [0, 0.1) is 0 Å². The minimum absolute atomic E-state index is 0.0932. The number of allylic oxidation sites excluding steroid dienone is 10. The molecule has 0 aromatic carbocycles. The molecule has 6 heteroatoms. The van der Waals surface area contributed by atoms with E-state index in [0.717, 1.165) is 64.2 Å². The number of esters is 3. The first-order valence-electron chi connectivity index (χ1n) is 27.8. The molecule has 0 bridgehead atoms. The Morgan fingerprint density at radius 3 is 0.954 bits per heavy atom. The fourth-order valence-corrected chi connectivity index (χ4v) is 7.84. The SMILES string of the molecule is CCCCC/C=C\C/C=C\C/C=C\C/C=C\C/C=C\CCC(=O)OC[C@H](COC(=O)CCCCCCCCCCCCCCCCCCC)OC(=O)CCCCCCCCCCCCC. The molecule has 376 valence electrons. The van der Waals surface area contributed by atoms with E-state index in [2.05, 4.69) is 75.5 Å². The number of carbonyl (C=O) groups is 3. The Morgan fingerprint density at radius 1 is 0.308 bits per heavy atom. The van der Waals surface area contributed by atoms with Crippen LogP contribution in [0.3, 0.4) is 0 Å². The summed E-state index contributed by atoms with van der Waals surface area (Å²) in [7, 11) is 0. The van der Waals surface area contributed by atoms with Crippen molar-refractivity contribution in [3.05, 3.63) is 60.8 Å². The molecule has 0 amide bonds. The predicted molar refractivity (Wildman–Crippen MR) is 279 cm³/mol. The van der Waals surface area contributed by atoms with E-state index in [1.165, 1.54) is 167 Å². The largest absolute Gasteiger partial charge is 0.462 e. The Morgan fingerprint density at radius 2 is 0.585 bits per heavy atom. The smallest absolute Gasteiger partial charge is 0.306 e. The van der Waals surface area contributed by atoms with Crippen LogP contribution in [0.25, 0.3) is 0 Å². The molecule has 0 unspecified atom stereocenters. The molecule has 0 aliphatic rings. The quantitative estimate of drug-likeness (QED) is 0.0262. The molecule has 6 nitrogen and oxygen atoms in total. The van der Waals surface area contributed by atoms with Crippen molar-refractivity contribution < 1.29 is 28.6 Å². The van der Waals surface area contributed by atoms with Gasteiger partial charge in [-0.05, 0) is 57.8 Å².